The molecule has 0 aliphatic rings. The van der Waals surface area contributed by atoms with E-state index in [0.717, 1.165) is 41.1 Å². The van der Waals surface area contributed by atoms with Crippen LogP contribution in [0.4, 0.5) is 0 Å². The lowest BCUT2D eigenvalue weighted by Crippen LogP contribution is -2.26. The number of nitrogens with one attached hydrogen (secondary N) is 1. The number of carbonyl (C=O) groups excluding carboxylic acids is 1. The van der Waals surface area contributed by atoms with E-state index in [1.54, 1.807) is 24.3 Å². The molecule has 5 nitrogen and oxygen atoms in total. The Balaban J connectivity index is 1.38. The summed E-state index contributed by atoms with van der Waals surface area (Å²) in [5.41, 5.74) is 5.00. The van der Waals surface area contributed by atoms with Gasteiger partial charge in [0.05, 0.1) is 17.6 Å². The van der Waals surface area contributed by atoms with Crippen molar-refractivity contribution in [2.75, 3.05) is 13.2 Å². The molecule has 1 amide bonds. The number of ether oxygens (including phenoxy) is 1. The molecule has 0 bridgehead atoms. The van der Waals surface area contributed by atoms with Gasteiger partial charge in [0, 0.05) is 30.1 Å². The Labute approximate surface area is 199 Å². The van der Waals surface area contributed by atoms with E-state index in [2.05, 4.69) is 41.9 Å². The fourth-order valence-electron chi connectivity index (χ4n) is 3.95. The van der Waals surface area contributed by atoms with Crippen molar-refractivity contribution in [1.29, 1.82) is 0 Å². The summed E-state index contributed by atoms with van der Waals surface area (Å²) in [5, 5.41) is 3.52. The molecular weight excluding hydrogens is 434 g/mol. The smallest absolute Gasteiger partial charge is 0.251 e. The Morgan fingerprint density at radius 3 is 2.73 bits per heavy atom. The normalized spacial score (nSPS) is 11.0. The second-order valence-electron chi connectivity index (χ2n) is 8.16. The van der Waals surface area contributed by atoms with Gasteiger partial charge in [-0.05, 0) is 62.2 Å². The van der Waals surface area contributed by atoms with Crippen molar-refractivity contribution in [2.24, 2.45) is 0 Å². The van der Waals surface area contributed by atoms with Crippen molar-refractivity contribution in [2.45, 2.75) is 33.2 Å². The van der Waals surface area contributed by atoms with E-state index in [1.165, 1.54) is 5.56 Å². The first kappa shape index (κ1) is 22.9. The van der Waals surface area contributed by atoms with Gasteiger partial charge in [-0.25, -0.2) is 4.98 Å². The number of benzene rings is 3. The number of halogens is 1. The maximum absolute atomic E-state index is 12.4. The summed E-state index contributed by atoms with van der Waals surface area (Å²) in [6.07, 6.45) is 1.49. The second kappa shape index (κ2) is 10.5. The van der Waals surface area contributed by atoms with Crippen LogP contribution in [0.3, 0.4) is 0 Å². The Morgan fingerprint density at radius 1 is 1.06 bits per heavy atom. The van der Waals surface area contributed by atoms with Crippen molar-refractivity contribution in [3.8, 4) is 5.75 Å². The average Bonchev–Trinajstić information content (AvgIpc) is 3.15. The Kier molecular flexibility index (Phi) is 7.30. The van der Waals surface area contributed by atoms with Crippen molar-refractivity contribution in [1.82, 2.24) is 14.9 Å². The Hall–Kier alpha value is -3.31. The van der Waals surface area contributed by atoms with E-state index >= 15 is 0 Å². The highest BCUT2D eigenvalue weighted by Gasteiger charge is 2.12. The lowest BCUT2D eigenvalue weighted by molar-refractivity contribution is 0.0954. The molecule has 170 valence electrons. The zero-order valence-electron chi connectivity index (χ0n) is 19.0. The lowest BCUT2D eigenvalue weighted by Gasteiger charge is -2.12. The number of aromatic nitrogens is 2. The number of para-hydroxylation sites is 2. The van der Waals surface area contributed by atoms with E-state index in [4.69, 9.17) is 21.3 Å². The van der Waals surface area contributed by atoms with Crippen molar-refractivity contribution in [3.05, 3.63) is 94.3 Å². The summed E-state index contributed by atoms with van der Waals surface area (Å²) in [6.45, 7) is 6.07. The number of carbonyl (C=O) groups is 1. The molecule has 0 atom stereocenters. The van der Waals surface area contributed by atoms with E-state index < -0.39 is 0 Å². The molecule has 0 spiro atoms. The highest BCUT2D eigenvalue weighted by atomic mass is 35.5. The number of aryl methyl sites for hydroxylation is 3. The zero-order chi connectivity index (χ0) is 23.2. The first-order valence-corrected chi connectivity index (χ1v) is 11.6. The van der Waals surface area contributed by atoms with Crippen LogP contribution >= 0.6 is 11.6 Å². The molecule has 6 heteroatoms. The minimum Gasteiger partial charge on any atom is -0.493 e. The third-order valence-corrected chi connectivity index (χ3v) is 5.80. The maximum Gasteiger partial charge on any atom is 0.251 e. The van der Waals surface area contributed by atoms with Gasteiger partial charge < -0.3 is 14.6 Å². The largest absolute Gasteiger partial charge is 0.493 e. The van der Waals surface area contributed by atoms with Gasteiger partial charge in [0.25, 0.3) is 5.91 Å². The minimum absolute atomic E-state index is 0.137. The Bertz CT molecular complexity index is 1270. The van der Waals surface area contributed by atoms with Crippen LogP contribution in [-0.4, -0.2) is 28.6 Å². The van der Waals surface area contributed by atoms with E-state index in [1.807, 2.05) is 24.3 Å². The fourth-order valence-corrected chi connectivity index (χ4v) is 4.14. The SMILES string of the molecule is Cc1ccc(OCCCn2c(CCNC(=O)c3cccc(Cl)c3)nc3ccccc32)c(C)c1. The predicted molar refractivity (Wildman–Crippen MR) is 133 cm³/mol. The standard InChI is InChI=1S/C27H28ClN3O2/c1-19-11-12-25(20(2)17-19)33-16-6-15-31-24-10-4-3-9-23(24)30-26(31)13-14-29-27(32)21-7-5-8-22(28)18-21/h3-5,7-12,17-18H,6,13-16H2,1-2H3,(H,29,32). The molecule has 1 aromatic heterocycles. The monoisotopic (exact) mass is 461 g/mol. The van der Waals surface area contributed by atoms with E-state index in [-0.39, 0.29) is 5.91 Å². The molecule has 1 N–H and O–H groups in total. The molecule has 0 saturated heterocycles. The van der Waals surface area contributed by atoms with Crippen LogP contribution in [0.15, 0.2) is 66.7 Å². The third kappa shape index (κ3) is 5.74. The van der Waals surface area contributed by atoms with Gasteiger partial charge in [0.15, 0.2) is 0 Å². The average molecular weight is 462 g/mol. The first-order valence-electron chi connectivity index (χ1n) is 11.2. The summed E-state index contributed by atoms with van der Waals surface area (Å²) in [7, 11) is 0. The van der Waals surface area contributed by atoms with Gasteiger partial charge in [0.1, 0.15) is 11.6 Å². The lowest BCUT2D eigenvalue weighted by atomic mass is 10.1. The van der Waals surface area contributed by atoms with Gasteiger partial charge in [-0.15, -0.1) is 0 Å². The molecular formula is C27H28ClN3O2. The summed E-state index contributed by atoms with van der Waals surface area (Å²) >= 11 is 6.00. The number of hydrogen-bond donors (Lipinski definition) is 1. The predicted octanol–water partition coefficient (Wildman–Crippen LogP) is 5.75. The molecule has 1 heterocycles. The highest BCUT2D eigenvalue weighted by molar-refractivity contribution is 6.30. The molecule has 0 radical (unpaired) electrons. The number of fused-ring (bicyclic) bond motifs is 1. The van der Waals surface area contributed by atoms with Crippen LogP contribution in [0.2, 0.25) is 5.02 Å². The van der Waals surface area contributed by atoms with Crippen LogP contribution < -0.4 is 10.1 Å². The van der Waals surface area contributed by atoms with Gasteiger partial charge in [0.2, 0.25) is 0 Å². The summed E-state index contributed by atoms with van der Waals surface area (Å²) < 4.78 is 8.24. The molecule has 0 aliphatic carbocycles. The maximum atomic E-state index is 12.4. The van der Waals surface area contributed by atoms with Crippen LogP contribution in [0.1, 0.15) is 33.7 Å². The van der Waals surface area contributed by atoms with Crippen molar-refractivity contribution in [3.63, 3.8) is 0 Å². The molecule has 4 rings (SSSR count). The molecule has 4 aromatic rings. The quantitative estimate of drug-likeness (QED) is 0.323. The van der Waals surface area contributed by atoms with Crippen LogP contribution in [0.5, 0.6) is 5.75 Å². The zero-order valence-corrected chi connectivity index (χ0v) is 19.7. The molecule has 0 saturated carbocycles. The van der Waals surface area contributed by atoms with Gasteiger partial charge in [-0.2, -0.15) is 0 Å². The number of amides is 1. The number of imidazole rings is 1. The third-order valence-electron chi connectivity index (χ3n) is 5.57. The molecule has 0 fully saturated rings. The molecule has 0 aliphatic heterocycles. The number of nitrogens with zero attached hydrogens (tertiary/aromatic N) is 2. The van der Waals surface area contributed by atoms with Crippen LogP contribution in [-0.2, 0) is 13.0 Å². The second-order valence-corrected chi connectivity index (χ2v) is 8.59. The Morgan fingerprint density at radius 2 is 1.91 bits per heavy atom. The summed E-state index contributed by atoms with van der Waals surface area (Å²) in [4.78, 5) is 17.2. The van der Waals surface area contributed by atoms with Crippen LogP contribution in [0, 0.1) is 13.8 Å². The van der Waals surface area contributed by atoms with E-state index in [0.29, 0.717) is 30.2 Å². The van der Waals surface area contributed by atoms with E-state index in [9.17, 15) is 4.79 Å². The highest BCUT2D eigenvalue weighted by Crippen LogP contribution is 2.20. The van der Waals surface area contributed by atoms with Crippen LogP contribution in [0.25, 0.3) is 11.0 Å². The topological polar surface area (TPSA) is 56.1 Å². The fraction of sp³-hybridized carbons (Fsp3) is 0.259. The number of rotatable bonds is 9. The summed E-state index contributed by atoms with van der Waals surface area (Å²) in [6, 6.07) is 21.3. The van der Waals surface area contributed by atoms with Gasteiger partial charge >= 0.3 is 0 Å². The molecule has 0 unspecified atom stereocenters. The first-order chi connectivity index (χ1) is 16.0. The van der Waals surface area contributed by atoms with Gasteiger partial charge in [-0.3, -0.25) is 4.79 Å². The van der Waals surface area contributed by atoms with Gasteiger partial charge in [-0.1, -0.05) is 47.5 Å². The van der Waals surface area contributed by atoms with Crippen molar-refractivity contribution < 1.29 is 9.53 Å². The number of hydrogen-bond acceptors (Lipinski definition) is 3. The molecule has 3 aromatic carbocycles. The minimum atomic E-state index is -0.137. The van der Waals surface area contributed by atoms with Crippen molar-refractivity contribution >= 4 is 28.5 Å². The summed E-state index contributed by atoms with van der Waals surface area (Å²) in [5.74, 6) is 1.75. The molecule has 33 heavy (non-hydrogen) atoms.